The molecule has 24 heavy (non-hydrogen) atoms. The second kappa shape index (κ2) is 6.78. The number of benzene rings is 2. The van der Waals surface area contributed by atoms with Gasteiger partial charge in [-0.15, -0.1) is 5.10 Å². The molecule has 0 bridgehead atoms. The number of aryl methyl sites for hydroxylation is 1. The van der Waals surface area contributed by atoms with Crippen molar-refractivity contribution in [1.82, 2.24) is 25.5 Å². The number of hydrogen-bond donors (Lipinski definition) is 3. The summed E-state index contributed by atoms with van der Waals surface area (Å²) < 4.78 is 1.55. The lowest BCUT2D eigenvalue weighted by Crippen LogP contribution is -2.28. The Bertz CT molecular complexity index is 861. The first-order chi connectivity index (χ1) is 11.6. The van der Waals surface area contributed by atoms with Gasteiger partial charge in [-0.1, -0.05) is 30.3 Å². The molecule has 0 aliphatic rings. The Hall–Kier alpha value is -3.42. The summed E-state index contributed by atoms with van der Waals surface area (Å²) in [5, 5.41) is 26.5. The summed E-state index contributed by atoms with van der Waals surface area (Å²) in [4.78, 5) is 12.0. The highest BCUT2D eigenvalue weighted by Gasteiger charge is 2.08. The molecule has 0 aliphatic heterocycles. The van der Waals surface area contributed by atoms with Crippen LogP contribution in [0.3, 0.4) is 0 Å². The van der Waals surface area contributed by atoms with E-state index in [2.05, 4.69) is 26.2 Å². The Morgan fingerprint density at radius 2 is 2.04 bits per heavy atom. The van der Waals surface area contributed by atoms with Crippen LogP contribution in [0, 0.1) is 0 Å². The average molecular weight is 324 g/mol. The number of carbonyl (C=O) groups is 1. The van der Waals surface area contributed by atoms with Crippen LogP contribution < -0.4 is 10.6 Å². The number of para-hydroxylation sites is 1. The van der Waals surface area contributed by atoms with Crippen LogP contribution in [0.4, 0.5) is 10.5 Å². The van der Waals surface area contributed by atoms with Crippen molar-refractivity contribution < 1.29 is 9.90 Å². The molecule has 1 heterocycles. The van der Waals surface area contributed by atoms with Crippen molar-refractivity contribution in [1.29, 1.82) is 0 Å². The van der Waals surface area contributed by atoms with Crippen molar-refractivity contribution in [3.05, 3.63) is 54.1 Å². The highest BCUT2D eigenvalue weighted by molar-refractivity contribution is 5.89. The standard InChI is InChI=1S/C16H16N6O2/c1-22-15(19-20-21-22)11-6-4-7-13(9-11)18-16(24)17-10-12-5-2-3-8-14(12)23/h2-9,23H,10H2,1H3,(H2,17,18,24). The molecule has 0 unspecified atom stereocenters. The first-order valence-corrected chi connectivity index (χ1v) is 7.28. The van der Waals surface area contributed by atoms with E-state index in [0.717, 1.165) is 5.56 Å². The third-order valence-electron chi connectivity index (χ3n) is 3.43. The molecule has 0 spiro atoms. The van der Waals surface area contributed by atoms with Crippen molar-refractivity contribution in [2.75, 3.05) is 5.32 Å². The molecule has 0 radical (unpaired) electrons. The minimum Gasteiger partial charge on any atom is -0.508 e. The Morgan fingerprint density at radius 1 is 1.21 bits per heavy atom. The van der Waals surface area contributed by atoms with Gasteiger partial charge in [0.05, 0.1) is 0 Å². The number of nitrogens with one attached hydrogen (secondary N) is 2. The lowest BCUT2D eigenvalue weighted by atomic mass is 10.2. The lowest BCUT2D eigenvalue weighted by Gasteiger charge is -2.09. The first kappa shape index (κ1) is 15.5. The van der Waals surface area contributed by atoms with Gasteiger partial charge in [-0.2, -0.15) is 0 Å². The molecule has 122 valence electrons. The van der Waals surface area contributed by atoms with Gasteiger partial charge in [0.25, 0.3) is 0 Å². The van der Waals surface area contributed by atoms with E-state index in [1.165, 1.54) is 0 Å². The Labute approximate surface area is 138 Å². The number of rotatable bonds is 4. The van der Waals surface area contributed by atoms with Crippen molar-refractivity contribution in [2.45, 2.75) is 6.54 Å². The van der Waals surface area contributed by atoms with Gasteiger partial charge < -0.3 is 15.7 Å². The predicted octanol–water partition coefficient (Wildman–Crippen LogP) is 1.90. The van der Waals surface area contributed by atoms with Crippen LogP contribution in [0.15, 0.2) is 48.5 Å². The fourth-order valence-electron chi connectivity index (χ4n) is 2.22. The second-order valence-corrected chi connectivity index (χ2v) is 5.14. The van der Waals surface area contributed by atoms with Gasteiger partial charge in [0, 0.05) is 30.4 Å². The number of nitrogens with zero attached hydrogens (tertiary/aromatic N) is 4. The molecule has 1 aromatic heterocycles. The molecule has 2 amide bonds. The molecule has 8 heteroatoms. The maximum atomic E-state index is 12.0. The topological polar surface area (TPSA) is 105 Å². The minimum atomic E-state index is -0.369. The summed E-state index contributed by atoms with van der Waals surface area (Å²) >= 11 is 0. The van der Waals surface area contributed by atoms with Crippen LogP contribution in [0.25, 0.3) is 11.4 Å². The van der Waals surface area contributed by atoms with Crippen LogP contribution in [-0.4, -0.2) is 31.3 Å². The average Bonchev–Trinajstić information content (AvgIpc) is 3.00. The van der Waals surface area contributed by atoms with E-state index in [1.54, 1.807) is 48.1 Å². The molecule has 3 rings (SSSR count). The van der Waals surface area contributed by atoms with Crippen LogP contribution in [-0.2, 0) is 13.6 Å². The number of carbonyl (C=O) groups excluding carboxylic acids is 1. The largest absolute Gasteiger partial charge is 0.508 e. The van der Waals surface area contributed by atoms with E-state index in [9.17, 15) is 9.90 Å². The van der Waals surface area contributed by atoms with E-state index in [1.807, 2.05) is 12.1 Å². The summed E-state index contributed by atoms with van der Waals surface area (Å²) in [6, 6.07) is 13.7. The number of hydrogen-bond acceptors (Lipinski definition) is 5. The fraction of sp³-hybridized carbons (Fsp3) is 0.125. The second-order valence-electron chi connectivity index (χ2n) is 5.14. The number of amides is 2. The van der Waals surface area contributed by atoms with Crippen molar-refractivity contribution in [2.24, 2.45) is 7.05 Å². The zero-order chi connectivity index (χ0) is 16.9. The maximum Gasteiger partial charge on any atom is 0.319 e. The van der Waals surface area contributed by atoms with E-state index in [-0.39, 0.29) is 18.3 Å². The Morgan fingerprint density at radius 3 is 2.79 bits per heavy atom. The van der Waals surface area contributed by atoms with Crippen molar-refractivity contribution >= 4 is 11.7 Å². The molecule has 3 aromatic rings. The zero-order valence-electron chi connectivity index (χ0n) is 13.0. The zero-order valence-corrected chi connectivity index (χ0v) is 13.0. The lowest BCUT2D eigenvalue weighted by molar-refractivity contribution is 0.251. The minimum absolute atomic E-state index is 0.148. The molecule has 0 atom stereocenters. The number of phenols is 1. The predicted molar refractivity (Wildman–Crippen MR) is 88.2 cm³/mol. The smallest absolute Gasteiger partial charge is 0.319 e. The summed E-state index contributed by atoms with van der Waals surface area (Å²) in [6.07, 6.45) is 0. The molecule has 3 N–H and O–H groups in total. The highest BCUT2D eigenvalue weighted by Crippen LogP contribution is 2.19. The third kappa shape index (κ3) is 3.49. The number of tetrazole rings is 1. The number of aromatic hydroxyl groups is 1. The highest BCUT2D eigenvalue weighted by atomic mass is 16.3. The fourth-order valence-corrected chi connectivity index (χ4v) is 2.22. The Kier molecular flexibility index (Phi) is 4.37. The molecule has 0 saturated carbocycles. The molecule has 0 saturated heterocycles. The summed E-state index contributed by atoms with van der Waals surface area (Å²) in [5.74, 6) is 0.753. The maximum absolute atomic E-state index is 12.0. The third-order valence-corrected chi connectivity index (χ3v) is 3.43. The molecule has 2 aromatic carbocycles. The van der Waals surface area contributed by atoms with E-state index in [0.29, 0.717) is 17.1 Å². The van der Waals surface area contributed by atoms with Gasteiger partial charge in [-0.05, 0) is 28.6 Å². The summed E-state index contributed by atoms with van der Waals surface area (Å²) in [7, 11) is 1.74. The molecule has 8 nitrogen and oxygen atoms in total. The molecule has 0 fully saturated rings. The monoisotopic (exact) mass is 324 g/mol. The quantitative estimate of drug-likeness (QED) is 0.680. The van der Waals surface area contributed by atoms with Gasteiger partial charge >= 0.3 is 6.03 Å². The normalized spacial score (nSPS) is 10.4. The SMILES string of the molecule is Cn1nnnc1-c1cccc(NC(=O)NCc2ccccc2O)c1. The van der Waals surface area contributed by atoms with Crippen LogP contribution in [0.2, 0.25) is 0 Å². The van der Waals surface area contributed by atoms with Gasteiger partial charge in [-0.3, -0.25) is 0 Å². The van der Waals surface area contributed by atoms with Gasteiger partial charge in [0.1, 0.15) is 5.75 Å². The number of aromatic nitrogens is 4. The van der Waals surface area contributed by atoms with Crippen molar-refractivity contribution in [3.8, 4) is 17.1 Å². The Balaban J connectivity index is 1.65. The first-order valence-electron chi connectivity index (χ1n) is 7.28. The summed E-state index contributed by atoms with van der Waals surface area (Å²) in [5.41, 5.74) is 2.05. The molecule has 0 aliphatic carbocycles. The number of anilines is 1. The van der Waals surface area contributed by atoms with Crippen LogP contribution >= 0.6 is 0 Å². The van der Waals surface area contributed by atoms with E-state index in [4.69, 9.17) is 0 Å². The van der Waals surface area contributed by atoms with E-state index < -0.39 is 0 Å². The summed E-state index contributed by atoms with van der Waals surface area (Å²) in [6.45, 7) is 0.228. The molecular formula is C16H16N6O2. The van der Waals surface area contributed by atoms with Gasteiger partial charge in [0.2, 0.25) is 0 Å². The van der Waals surface area contributed by atoms with Crippen LogP contribution in [0.1, 0.15) is 5.56 Å². The van der Waals surface area contributed by atoms with Gasteiger partial charge in [-0.25, -0.2) is 9.48 Å². The molecular weight excluding hydrogens is 308 g/mol. The van der Waals surface area contributed by atoms with E-state index >= 15 is 0 Å². The number of urea groups is 1. The van der Waals surface area contributed by atoms with Crippen LogP contribution in [0.5, 0.6) is 5.75 Å². The van der Waals surface area contributed by atoms with Crippen molar-refractivity contribution in [3.63, 3.8) is 0 Å². The van der Waals surface area contributed by atoms with Gasteiger partial charge in [0.15, 0.2) is 5.82 Å². The number of phenolic OH excluding ortho intramolecular Hbond substituents is 1.